The summed E-state index contributed by atoms with van der Waals surface area (Å²) < 4.78 is 27.4. The number of nitrogens with one attached hydrogen (secondary N) is 1. The zero-order valence-electron chi connectivity index (χ0n) is 15.4. The molecule has 0 spiro atoms. The van der Waals surface area contributed by atoms with Crippen molar-refractivity contribution in [2.75, 3.05) is 37.6 Å². The number of guanidine groups is 1. The number of anilines is 1. The molecule has 9 heteroatoms. The SMILES string of the molecule is CCNC(=NCc1ncc(C)s1)N1CCN(c2cc(F)ccc2F)CC1.I. The van der Waals surface area contributed by atoms with Crippen LogP contribution in [0.1, 0.15) is 16.8 Å². The molecule has 1 N–H and O–H groups in total. The number of aromatic nitrogens is 1. The lowest BCUT2D eigenvalue weighted by molar-refractivity contribution is 0.370. The van der Waals surface area contributed by atoms with Crippen LogP contribution >= 0.6 is 35.3 Å². The molecule has 1 fully saturated rings. The van der Waals surface area contributed by atoms with Crippen LogP contribution in [0.25, 0.3) is 0 Å². The van der Waals surface area contributed by atoms with E-state index in [1.807, 2.05) is 24.9 Å². The summed E-state index contributed by atoms with van der Waals surface area (Å²) in [6.45, 7) is 7.98. The van der Waals surface area contributed by atoms with Crippen LogP contribution in [0, 0.1) is 18.6 Å². The number of thiazole rings is 1. The average molecular weight is 507 g/mol. The van der Waals surface area contributed by atoms with E-state index in [2.05, 4.69) is 20.2 Å². The quantitative estimate of drug-likeness (QED) is 0.390. The van der Waals surface area contributed by atoms with Gasteiger partial charge in [-0.2, -0.15) is 0 Å². The Morgan fingerprint density at radius 2 is 2.00 bits per heavy atom. The fraction of sp³-hybridized carbons (Fsp3) is 0.444. The summed E-state index contributed by atoms with van der Waals surface area (Å²) in [7, 11) is 0. The van der Waals surface area contributed by atoms with Gasteiger partial charge in [0, 0.05) is 49.9 Å². The molecule has 148 valence electrons. The van der Waals surface area contributed by atoms with Crippen LogP contribution in [0.3, 0.4) is 0 Å². The van der Waals surface area contributed by atoms with Crippen molar-refractivity contribution in [3.63, 3.8) is 0 Å². The van der Waals surface area contributed by atoms with Crippen molar-refractivity contribution in [3.8, 4) is 0 Å². The van der Waals surface area contributed by atoms with Gasteiger partial charge in [-0.3, -0.25) is 0 Å². The number of hydrogen-bond donors (Lipinski definition) is 1. The summed E-state index contributed by atoms with van der Waals surface area (Å²) >= 11 is 1.65. The average Bonchev–Trinajstić information content (AvgIpc) is 3.06. The van der Waals surface area contributed by atoms with Crippen molar-refractivity contribution in [1.29, 1.82) is 0 Å². The largest absolute Gasteiger partial charge is 0.366 e. The number of nitrogens with zero attached hydrogens (tertiary/aromatic N) is 4. The molecule has 0 aliphatic carbocycles. The predicted octanol–water partition coefficient (Wildman–Crippen LogP) is 3.64. The molecule has 2 aromatic rings. The maximum Gasteiger partial charge on any atom is 0.194 e. The van der Waals surface area contributed by atoms with E-state index in [1.54, 1.807) is 11.3 Å². The first-order valence-electron chi connectivity index (χ1n) is 8.71. The van der Waals surface area contributed by atoms with Gasteiger partial charge in [0.05, 0.1) is 12.2 Å². The van der Waals surface area contributed by atoms with E-state index < -0.39 is 5.82 Å². The summed E-state index contributed by atoms with van der Waals surface area (Å²) in [5.74, 6) is 0.0248. The maximum atomic E-state index is 14.0. The first kappa shape index (κ1) is 21.8. The van der Waals surface area contributed by atoms with Gasteiger partial charge in [0.15, 0.2) is 5.96 Å². The Balaban J connectivity index is 0.00000261. The normalized spacial score (nSPS) is 14.9. The van der Waals surface area contributed by atoms with Gasteiger partial charge in [-0.25, -0.2) is 18.8 Å². The predicted molar refractivity (Wildman–Crippen MR) is 117 cm³/mol. The third-order valence-corrected chi connectivity index (χ3v) is 5.09. The molecule has 1 aliphatic rings. The van der Waals surface area contributed by atoms with Crippen molar-refractivity contribution in [3.05, 3.63) is 45.9 Å². The minimum atomic E-state index is -0.419. The highest BCUT2D eigenvalue weighted by atomic mass is 127. The van der Waals surface area contributed by atoms with Crippen molar-refractivity contribution in [2.24, 2.45) is 4.99 Å². The highest BCUT2D eigenvalue weighted by Gasteiger charge is 2.22. The molecule has 3 rings (SSSR count). The molecule has 0 radical (unpaired) electrons. The Morgan fingerprint density at radius 1 is 1.26 bits per heavy atom. The van der Waals surface area contributed by atoms with Gasteiger partial charge < -0.3 is 15.1 Å². The molecule has 0 saturated carbocycles. The molecule has 0 amide bonds. The molecular formula is C18H24F2IN5S. The van der Waals surface area contributed by atoms with Crippen LogP contribution in [0.15, 0.2) is 29.4 Å². The molecule has 0 atom stereocenters. The second-order valence-electron chi connectivity index (χ2n) is 6.10. The van der Waals surface area contributed by atoms with Crippen LogP contribution in [-0.2, 0) is 6.54 Å². The van der Waals surface area contributed by atoms with Gasteiger partial charge in [-0.05, 0) is 26.0 Å². The Bertz CT molecular complexity index is 775. The van der Waals surface area contributed by atoms with E-state index in [-0.39, 0.29) is 29.8 Å². The number of hydrogen-bond acceptors (Lipinski definition) is 4. The Hall–Kier alpha value is -1.49. The molecule has 1 saturated heterocycles. The summed E-state index contributed by atoms with van der Waals surface area (Å²) in [5, 5.41) is 4.29. The standard InChI is InChI=1S/C18H23F2N5S.HI/c1-3-21-18(23-12-17-22-11-13(2)26-17)25-8-6-24(7-9-25)16-10-14(19)4-5-15(16)20;/h4-5,10-11H,3,6-9,12H2,1-2H3,(H,21,23);1H. The monoisotopic (exact) mass is 507 g/mol. The number of rotatable bonds is 4. The molecule has 27 heavy (non-hydrogen) atoms. The Labute approximate surface area is 179 Å². The second-order valence-corrected chi connectivity index (χ2v) is 7.42. The molecule has 5 nitrogen and oxygen atoms in total. The first-order valence-corrected chi connectivity index (χ1v) is 9.53. The van der Waals surface area contributed by atoms with E-state index in [1.165, 1.54) is 17.0 Å². The van der Waals surface area contributed by atoms with Crippen molar-refractivity contribution in [2.45, 2.75) is 20.4 Å². The van der Waals surface area contributed by atoms with Crippen molar-refractivity contribution < 1.29 is 8.78 Å². The van der Waals surface area contributed by atoms with Gasteiger partial charge in [0.1, 0.15) is 16.6 Å². The lowest BCUT2D eigenvalue weighted by Gasteiger charge is -2.37. The molecular weight excluding hydrogens is 483 g/mol. The molecule has 1 aromatic heterocycles. The highest BCUT2D eigenvalue weighted by molar-refractivity contribution is 14.0. The number of piperazine rings is 1. The molecule has 1 aliphatic heterocycles. The summed E-state index contributed by atoms with van der Waals surface area (Å²) in [4.78, 5) is 14.2. The maximum absolute atomic E-state index is 14.0. The van der Waals surface area contributed by atoms with Crippen molar-refractivity contribution in [1.82, 2.24) is 15.2 Å². The van der Waals surface area contributed by atoms with E-state index in [0.29, 0.717) is 38.4 Å². The summed E-state index contributed by atoms with van der Waals surface area (Å²) in [6, 6.07) is 3.58. The number of benzene rings is 1. The minimum Gasteiger partial charge on any atom is -0.366 e. The van der Waals surface area contributed by atoms with Crippen LogP contribution in [-0.4, -0.2) is 48.6 Å². The van der Waals surface area contributed by atoms with Gasteiger partial charge in [0.25, 0.3) is 0 Å². The van der Waals surface area contributed by atoms with E-state index >= 15 is 0 Å². The molecule has 2 heterocycles. The van der Waals surface area contributed by atoms with Gasteiger partial charge >= 0.3 is 0 Å². The van der Waals surface area contributed by atoms with Gasteiger partial charge in [0.2, 0.25) is 0 Å². The topological polar surface area (TPSA) is 43.8 Å². The summed E-state index contributed by atoms with van der Waals surface area (Å²) in [6.07, 6.45) is 1.86. The van der Waals surface area contributed by atoms with Gasteiger partial charge in [-0.1, -0.05) is 0 Å². The first-order chi connectivity index (χ1) is 12.6. The van der Waals surface area contributed by atoms with Crippen molar-refractivity contribution >= 4 is 47.0 Å². The molecule has 0 unspecified atom stereocenters. The zero-order valence-corrected chi connectivity index (χ0v) is 18.6. The van der Waals surface area contributed by atoms with E-state index in [4.69, 9.17) is 0 Å². The minimum absolute atomic E-state index is 0. The third-order valence-electron chi connectivity index (χ3n) is 4.20. The van der Waals surface area contributed by atoms with Crippen LogP contribution < -0.4 is 10.2 Å². The highest BCUT2D eigenvalue weighted by Crippen LogP contribution is 2.22. The molecule has 1 aromatic carbocycles. The fourth-order valence-electron chi connectivity index (χ4n) is 2.93. The van der Waals surface area contributed by atoms with Crippen LogP contribution in [0.5, 0.6) is 0 Å². The van der Waals surface area contributed by atoms with Gasteiger partial charge in [-0.15, -0.1) is 35.3 Å². The number of halogens is 3. The second kappa shape index (κ2) is 10.2. The number of aliphatic imine (C=N–C) groups is 1. The number of aryl methyl sites for hydroxylation is 1. The fourth-order valence-corrected chi connectivity index (χ4v) is 3.64. The molecule has 0 bridgehead atoms. The van der Waals surface area contributed by atoms with Crippen LogP contribution in [0.4, 0.5) is 14.5 Å². The Morgan fingerprint density at radius 3 is 2.63 bits per heavy atom. The Kier molecular flexibility index (Phi) is 8.21. The van der Waals surface area contributed by atoms with Crippen LogP contribution in [0.2, 0.25) is 0 Å². The lowest BCUT2D eigenvalue weighted by atomic mass is 10.2. The van der Waals surface area contributed by atoms with E-state index in [0.717, 1.165) is 23.6 Å². The summed E-state index contributed by atoms with van der Waals surface area (Å²) in [5.41, 5.74) is 0.324. The lowest BCUT2D eigenvalue weighted by Crippen LogP contribution is -2.52. The zero-order chi connectivity index (χ0) is 18.5. The van der Waals surface area contributed by atoms with E-state index in [9.17, 15) is 8.78 Å². The third kappa shape index (κ3) is 5.74. The smallest absolute Gasteiger partial charge is 0.194 e.